The fourth-order valence-corrected chi connectivity index (χ4v) is 0.302. The van der Waals surface area contributed by atoms with Crippen LogP contribution in [0.2, 0.25) is 0 Å². The quantitative estimate of drug-likeness (QED) is 0.484. The van der Waals surface area contributed by atoms with Gasteiger partial charge >= 0.3 is 0 Å². The Morgan fingerprint density at radius 1 is 1.67 bits per heavy atom. The third-order valence-corrected chi connectivity index (χ3v) is 0.829. The van der Waals surface area contributed by atoms with Gasteiger partial charge in [0.15, 0.2) is 5.78 Å². The summed E-state index contributed by atoms with van der Waals surface area (Å²) in [4.78, 5) is 19.8. The highest BCUT2D eigenvalue weighted by atomic mass is 16.4. The van der Waals surface area contributed by atoms with Crippen molar-refractivity contribution in [2.24, 2.45) is 0 Å². The van der Waals surface area contributed by atoms with Crippen LogP contribution in [0.1, 0.15) is 13.3 Å². The van der Waals surface area contributed by atoms with E-state index in [0.29, 0.717) is 0 Å². The lowest BCUT2D eigenvalue weighted by molar-refractivity contribution is -0.307. The first kappa shape index (κ1) is 8.10. The molecule has 0 saturated carbocycles. The van der Waals surface area contributed by atoms with Crippen molar-refractivity contribution in [1.82, 2.24) is 0 Å². The van der Waals surface area contributed by atoms with Crippen LogP contribution in [0.5, 0.6) is 0 Å². The number of aliphatic carboxylic acids is 1. The van der Waals surface area contributed by atoms with E-state index in [0.717, 1.165) is 6.92 Å². The Morgan fingerprint density at radius 3 is 2.22 bits per heavy atom. The number of Topliss-reactive ketones (excluding diaryl/α,β-unsaturated/α-hetero) is 1. The van der Waals surface area contributed by atoms with Crippen LogP contribution in [0.3, 0.4) is 0 Å². The summed E-state index contributed by atoms with van der Waals surface area (Å²) in [5.74, 6) is -1.98. The Kier molecular flexibility index (Phi) is 2.87. The number of rotatable bonds is 3. The summed E-state index contributed by atoms with van der Waals surface area (Å²) < 4.78 is 0. The van der Waals surface area contributed by atoms with Gasteiger partial charge in [-0.2, -0.15) is 0 Å². The number of ketones is 1. The maximum absolute atomic E-state index is 10.1. The Labute approximate surface area is 52.1 Å². The number of carboxylic acid groups (broad SMARTS) is 1. The minimum absolute atomic E-state index is 0.556. The molecule has 0 aliphatic rings. The van der Waals surface area contributed by atoms with Gasteiger partial charge in [-0.1, -0.05) is 0 Å². The molecule has 9 heavy (non-hydrogen) atoms. The highest BCUT2D eigenvalue weighted by molar-refractivity contribution is 5.84. The highest BCUT2D eigenvalue weighted by Gasteiger charge is 2.08. The summed E-state index contributed by atoms with van der Waals surface area (Å²) >= 11 is 0. The minimum atomic E-state index is -1.42. The lowest BCUT2D eigenvalue weighted by Gasteiger charge is -2.05. The zero-order valence-corrected chi connectivity index (χ0v) is 4.96. The molecule has 1 unspecified atom stereocenters. The van der Waals surface area contributed by atoms with Gasteiger partial charge in [0.25, 0.3) is 0 Å². The van der Waals surface area contributed by atoms with E-state index in [1.54, 1.807) is 0 Å². The molecule has 0 bridgehead atoms. The van der Waals surface area contributed by atoms with Gasteiger partial charge in [-0.3, -0.25) is 4.79 Å². The predicted octanol–water partition coefficient (Wildman–Crippen LogP) is -1.92. The molecule has 0 amide bonds. The van der Waals surface area contributed by atoms with Crippen molar-refractivity contribution < 1.29 is 19.8 Å². The molecule has 52 valence electrons. The number of carbonyl (C=O) groups excluding carboxylic acids is 2. The van der Waals surface area contributed by atoms with Crippen molar-refractivity contribution in [2.75, 3.05) is 0 Å². The Morgan fingerprint density at radius 2 is 2.11 bits per heavy atom. The molecule has 0 spiro atoms. The number of hydrogen-bond acceptors (Lipinski definition) is 4. The SMILES string of the molecule is CC(=O)C(O)CC(=O)[O-]. The molecule has 0 fully saturated rings. The standard InChI is InChI=1S/C5H8O4/c1-3(6)4(7)2-5(8)9/h4,7H,2H2,1H3,(H,8,9)/p-1. The van der Waals surface area contributed by atoms with Crippen molar-refractivity contribution in [1.29, 1.82) is 0 Å². The van der Waals surface area contributed by atoms with E-state index in [-0.39, 0.29) is 0 Å². The summed E-state index contributed by atoms with van der Waals surface area (Å²) in [6, 6.07) is 0. The first-order valence-electron chi connectivity index (χ1n) is 2.42. The molecule has 0 heterocycles. The van der Waals surface area contributed by atoms with Crippen LogP contribution < -0.4 is 5.11 Å². The van der Waals surface area contributed by atoms with Gasteiger partial charge in [0, 0.05) is 12.4 Å². The van der Waals surface area contributed by atoms with Crippen LogP contribution in [0.4, 0.5) is 0 Å². The second kappa shape index (κ2) is 3.19. The first-order valence-corrected chi connectivity index (χ1v) is 2.42. The van der Waals surface area contributed by atoms with Gasteiger partial charge in [0.1, 0.15) is 6.10 Å². The van der Waals surface area contributed by atoms with E-state index in [9.17, 15) is 14.7 Å². The van der Waals surface area contributed by atoms with E-state index in [1.807, 2.05) is 0 Å². The second-order valence-electron chi connectivity index (χ2n) is 1.70. The summed E-state index contributed by atoms with van der Waals surface area (Å²) in [5.41, 5.74) is 0. The third-order valence-electron chi connectivity index (χ3n) is 0.829. The lowest BCUT2D eigenvalue weighted by atomic mass is 10.2. The largest absolute Gasteiger partial charge is 0.550 e. The highest BCUT2D eigenvalue weighted by Crippen LogP contribution is 1.89. The van der Waals surface area contributed by atoms with E-state index in [4.69, 9.17) is 5.11 Å². The fourth-order valence-electron chi connectivity index (χ4n) is 0.302. The number of carbonyl (C=O) groups is 2. The molecule has 0 aromatic heterocycles. The Balaban J connectivity index is 3.63. The lowest BCUT2D eigenvalue weighted by Crippen LogP contribution is -2.30. The normalized spacial score (nSPS) is 12.7. The zero-order chi connectivity index (χ0) is 7.44. The topological polar surface area (TPSA) is 77.4 Å². The van der Waals surface area contributed by atoms with Crippen LogP contribution >= 0.6 is 0 Å². The number of aliphatic hydroxyl groups is 1. The molecule has 0 rings (SSSR count). The van der Waals surface area contributed by atoms with Crippen LogP contribution in [0, 0.1) is 0 Å². The molecular formula is C5H7O4-. The number of aliphatic hydroxyl groups excluding tert-OH is 1. The van der Waals surface area contributed by atoms with Crippen molar-refractivity contribution in [3.63, 3.8) is 0 Å². The van der Waals surface area contributed by atoms with Crippen LogP contribution in [-0.2, 0) is 9.59 Å². The number of hydrogen-bond donors (Lipinski definition) is 1. The van der Waals surface area contributed by atoms with Gasteiger partial charge in [0.05, 0.1) is 0 Å². The Hall–Kier alpha value is -0.900. The average Bonchev–Trinajstić information content (AvgIpc) is 1.63. The molecular weight excluding hydrogens is 124 g/mol. The van der Waals surface area contributed by atoms with E-state index < -0.39 is 24.3 Å². The Bertz CT molecular complexity index is 129. The van der Waals surface area contributed by atoms with Gasteiger partial charge in [0.2, 0.25) is 0 Å². The van der Waals surface area contributed by atoms with Crippen LogP contribution in [0.25, 0.3) is 0 Å². The maximum Gasteiger partial charge on any atom is 0.158 e. The molecule has 0 aliphatic carbocycles. The minimum Gasteiger partial charge on any atom is -0.550 e. The fraction of sp³-hybridized carbons (Fsp3) is 0.600. The molecule has 4 heteroatoms. The van der Waals surface area contributed by atoms with Crippen molar-refractivity contribution in [3.8, 4) is 0 Å². The van der Waals surface area contributed by atoms with E-state index in [1.165, 1.54) is 0 Å². The summed E-state index contributed by atoms with van der Waals surface area (Å²) in [5, 5.41) is 18.2. The zero-order valence-electron chi connectivity index (χ0n) is 4.96. The van der Waals surface area contributed by atoms with Gasteiger partial charge in [-0.25, -0.2) is 0 Å². The second-order valence-corrected chi connectivity index (χ2v) is 1.70. The molecule has 1 N–H and O–H groups in total. The molecule has 4 nitrogen and oxygen atoms in total. The van der Waals surface area contributed by atoms with E-state index in [2.05, 4.69) is 0 Å². The smallest absolute Gasteiger partial charge is 0.158 e. The monoisotopic (exact) mass is 131 g/mol. The predicted molar refractivity (Wildman–Crippen MR) is 26.3 cm³/mol. The third kappa shape index (κ3) is 3.66. The molecule has 0 aromatic carbocycles. The average molecular weight is 131 g/mol. The van der Waals surface area contributed by atoms with Gasteiger partial charge in [-0.15, -0.1) is 0 Å². The van der Waals surface area contributed by atoms with E-state index >= 15 is 0 Å². The van der Waals surface area contributed by atoms with Gasteiger partial charge in [-0.05, 0) is 6.92 Å². The molecule has 0 aliphatic heterocycles. The van der Waals surface area contributed by atoms with Crippen LogP contribution in [-0.4, -0.2) is 23.0 Å². The number of carboxylic acids is 1. The summed E-state index contributed by atoms with van der Waals surface area (Å²) in [7, 11) is 0. The first-order chi connectivity index (χ1) is 4.04. The van der Waals surface area contributed by atoms with Crippen molar-refractivity contribution >= 4 is 11.8 Å². The van der Waals surface area contributed by atoms with Gasteiger partial charge < -0.3 is 15.0 Å². The van der Waals surface area contributed by atoms with Crippen molar-refractivity contribution in [3.05, 3.63) is 0 Å². The molecule has 0 aromatic rings. The summed E-state index contributed by atoms with van der Waals surface area (Å²) in [6.45, 7) is 1.12. The van der Waals surface area contributed by atoms with Crippen molar-refractivity contribution in [2.45, 2.75) is 19.4 Å². The molecule has 0 radical (unpaired) electrons. The maximum atomic E-state index is 10.1. The van der Waals surface area contributed by atoms with Crippen LogP contribution in [0.15, 0.2) is 0 Å². The molecule has 1 atom stereocenters. The molecule has 0 saturated heterocycles. The summed E-state index contributed by atoms with van der Waals surface area (Å²) in [6.07, 6.45) is -2.02.